The fraction of sp³-hybridized carbons (Fsp3) is 0.190. The van der Waals surface area contributed by atoms with E-state index in [-0.39, 0.29) is 12.5 Å². The maximum Gasteiger partial charge on any atom is 0.257 e. The van der Waals surface area contributed by atoms with E-state index in [0.29, 0.717) is 16.4 Å². The lowest BCUT2D eigenvalue weighted by Crippen LogP contribution is -2.20. The normalized spacial score (nSPS) is 12.4. The van der Waals surface area contributed by atoms with E-state index in [9.17, 15) is 9.59 Å². The Hall–Kier alpha value is -3.19. The summed E-state index contributed by atoms with van der Waals surface area (Å²) in [5, 5.41) is 5.33. The summed E-state index contributed by atoms with van der Waals surface area (Å²) in [6, 6.07) is 13.0. The van der Waals surface area contributed by atoms with E-state index in [1.54, 1.807) is 24.3 Å². The minimum atomic E-state index is -0.551. The van der Waals surface area contributed by atoms with Gasteiger partial charge in [0.15, 0.2) is 11.7 Å². The molecule has 0 aliphatic heterocycles. The maximum absolute atomic E-state index is 12.4. The first-order valence-corrected chi connectivity index (χ1v) is 9.87. The van der Waals surface area contributed by atoms with Crippen molar-refractivity contribution in [2.24, 2.45) is 5.73 Å². The van der Waals surface area contributed by atoms with Crippen LogP contribution in [0.2, 0.25) is 0 Å². The van der Waals surface area contributed by atoms with Crippen LogP contribution in [0, 0.1) is 0 Å². The summed E-state index contributed by atoms with van der Waals surface area (Å²) >= 11 is 1.40. The summed E-state index contributed by atoms with van der Waals surface area (Å²) in [5.74, 6) is -0.329. The van der Waals surface area contributed by atoms with Crippen molar-refractivity contribution in [3.8, 4) is 17.0 Å². The lowest BCUT2D eigenvalue weighted by molar-refractivity contribution is -0.119. The molecule has 1 aromatic heterocycles. The van der Waals surface area contributed by atoms with E-state index in [2.05, 4.69) is 28.5 Å². The van der Waals surface area contributed by atoms with E-state index in [4.69, 9.17) is 10.5 Å². The Morgan fingerprint density at radius 1 is 1.11 bits per heavy atom. The van der Waals surface area contributed by atoms with Crippen molar-refractivity contribution in [1.29, 1.82) is 0 Å². The van der Waals surface area contributed by atoms with Crippen LogP contribution in [-0.2, 0) is 17.6 Å². The van der Waals surface area contributed by atoms with Gasteiger partial charge in [-0.1, -0.05) is 12.1 Å². The summed E-state index contributed by atoms with van der Waals surface area (Å²) in [7, 11) is 0. The number of fused-ring (bicyclic) bond motifs is 1. The smallest absolute Gasteiger partial charge is 0.257 e. The fourth-order valence-corrected chi connectivity index (χ4v) is 3.94. The molecule has 3 aromatic rings. The molecule has 2 aromatic carbocycles. The number of carbonyl (C=O) groups is 2. The minimum absolute atomic E-state index is 0.198. The second-order valence-electron chi connectivity index (χ2n) is 6.61. The van der Waals surface area contributed by atoms with Gasteiger partial charge in [0.1, 0.15) is 5.75 Å². The van der Waals surface area contributed by atoms with E-state index >= 15 is 0 Å². The molecule has 0 atom stereocenters. The second-order valence-corrected chi connectivity index (χ2v) is 7.47. The molecule has 3 N–H and O–H groups in total. The third-order valence-corrected chi connectivity index (χ3v) is 5.37. The molecule has 6 nitrogen and oxygen atoms in total. The molecular formula is C21H19N3O3S. The van der Waals surface area contributed by atoms with Gasteiger partial charge < -0.3 is 10.5 Å². The highest BCUT2D eigenvalue weighted by molar-refractivity contribution is 7.14. The molecule has 142 valence electrons. The van der Waals surface area contributed by atoms with Crippen LogP contribution in [0.5, 0.6) is 5.75 Å². The number of nitrogens with zero attached hydrogens (tertiary/aromatic N) is 1. The van der Waals surface area contributed by atoms with Crippen LogP contribution in [0.15, 0.2) is 47.8 Å². The van der Waals surface area contributed by atoms with E-state index in [1.165, 1.54) is 28.9 Å². The van der Waals surface area contributed by atoms with Gasteiger partial charge in [0.25, 0.3) is 11.8 Å². The molecule has 4 rings (SSSR count). The van der Waals surface area contributed by atoms with Crippen molar-refractivity contribution in [3.63, 3.8) is 0 Å². The molecule has 0 spiro atoms. The second kappa shape index (κ2) is 7.82. The van der Waals surface area contributed by atoms with Gasteiger partial charge in [-0.15, -0.1) is 11.3 Å². The zero-order chi connectivity index (χ0) is 19.5. The minimum Gasteiger partial charge on any atom is -0.484 e. The third-order valence-electron chi connectivity index (χ3n) is 4.62. The maximum atomic E-state index is 12.4. The predicted molar refractivity (Wildman–Crippen MR) is 109 cm³/mol. The Morgan fingerprint density at radius 3 is 2.68 bits per heavy atom. The highest BCUT2D eigenvalue weighted by atomic mass is 32.1. The molecule has 0 saturated carbocycles. The van der Waals surface area contributed by atoms with E-state index in [1.807, 2.05) is 5.38 Å². The molecule has 0 unspecified atom stereocenters. The Labute approximate surface area is 166 Å². The van der Waals surface area contributed by atoms with Gasteiger partial charge in [0.2, 0.25) is 0 Å². The molecular weight excluding hydrogens is 374 g/mol. The van der Waals surface area contributed by atoms with E-state index < -0.39 is 5.91 Å². The van der Waals surface area contributed by atoms with Gasteiger partial charge in [-0.3, -0.25) is 14.9 Å². The van der Waals surface area contributed by atoms with Crippen LogP contribution in [0.4, 0.5) is 5.13 Å². The average Bonchev–Trinajstić information content (AvgIpc) is 3.35. The SMILES string of the molecule is NC(=O)COc1ccc(C(=O)Nc2nc(-c3ccc4c(c3)CCC4)cs2)cc1. The zero-order valence-electron chi connectivity index (χ0n) is 15.1. The van der Waals surface area contributed by atoms with Crippen LogP contribution in [0.3, 0.4) is 0 Å². The Balaban J connectivity index is 1.42. The highest BCUT2D eigenvalue weighted by Crippen LogP contribution is 2.30. The lowest BCUT2D eigenvalue weighted by Gasteiger charge is -2.05. The number of anilines is 1. The summed E-state index contributed by atoms with van der Waals surface area (Å²) in [5.41, 5.74) is 10.3. The number of benzene rings is 2. The standard InChI is InChI=1S/C21H19N3O3S/c22-19(25)11-27-17-8-6-14(7-9-17)20(26)24-21-23-18(12-28-21)16-5-4-13-2-1-3-15(13)10-16/h4-10,12H,1-3,11H2,(H2,22,25)(H,23,24,26). The number of aryl methyl sites for hydroxylation is 2. The van der Waals surface area contributed by atoms with Crippen molar-refractivity contribution in [1.82, 2.24) is 4.98 Å². The highest BCUT2D eigenvalue weighted by Gasteiger charge is 2.14. The number of ether oxygens (including phenoxy) is 1. The largest absolute Gasteiger partial charge is 0.484 e. The molecule has 28 heavy (non-hydrogen) atoms. The van der Waals surface area contributed by atoms with Crippen molar-refractivity contribution in [2.45, 2.75) is 19.3 Å². The number of nitrogens with one attached hydrogen (secondary N) is 1. The van der Waals surface area contributed by atoms with Gasteiger partial charge in [-0.25, -0.2) is 4.98 Å². The number of carbonyl (C=O) groups excluding carboxylic acids is 2. The van der Waals surface area contributed by atoms with Crippen LogP contribution < -0.4 is 15.8 Å². The van der Waals surface area contributed by atoms with Crippen LogP contribution in [0.1, 0.15) is 27.9 Å². The van der Waals surface area contributed by atoms with Crippen molar-refractivity contribution in [2.75, 3.05) is 11.9 Å². The summed E-state index contributed by atoms with van der Waals surface area (Å²) in [6.45, 7) is -0.198. The number of primary amides is 1. The first-order chi connectivity index (χ1) is 13.6. The first-order valence-electron chi connectivity index (χ1n) is 8.99. The molecule has 0 fully saturated rings. The van der Waals surface area contributed by atoms with Gasteiger partial charge >= 0.3 is 0 Å². The zero-order valence-corrected chi connectivity index (χ0v) is 15.9. The van der Waals surface area contributed by atoms with Crippen molar-refractivity contribution >= 4 is 28.3 Å². The number of hydrogen-bond donors (Lipinski definition) is 2. The van der Waals surface area contributed by atoms with Crippen LogP contribution in [-0.4, -0.2) is 23.4 Å². The van der Waals surface area contributed by atoms with Crippen molar-refractivity contribution < 1.29 is 14.3 Å². The first kappa shape index (κ1) is 18.2. The number of rotatable bonds is 6. The number of nitrogens with two attached hydrogens (primary N) is 1. The monoisotopic (exact) mass is 393 g/mol. The topological polar surface area (TPSA) is 94.3 Å². The van der Waals surface area contributed by atoms with Gasteiger partial charge in [0.05, 0.1) is 5.69 Å². The Morgan fingerprint density at radius 2 is 1.89 bits per heavy atom. The Bertz CT molecular complexity index is 1030. The number of amides is 2. The fourth-order valence-electron chi connectivity index (χ4n) is 3.22. The molecule has 0 saturated heterocycles. The van der Waals surface area contributed by atoms with E-state index in [0.717, 1.165) is 24.1 Å². The van der Waals surface area contributed by atoms with Gasteiger partial charge in [-0.2, -0.15) is 0 Å². The van der Waals surface area contributed by atoms with Gasteiger partial charge in [-0.05, 0) is 60.7 Å². The van der Waals surface area contributed by atoms with Crippen LogP contribution in [0.25, 0.3) is 11.3 Å². The molecule has 2 amide bonds. The summed E-state index contributed by atoms with van der Waals surface area (Å²) < 4.78 is 5.19. The van der Waals surface area contributed by atoms with Crippen LogP contribution >= 0.6 is 11.3 Å². The molecule has 1 aliphatic rings. The van der Waals surface area contributed by atoms with Gasteiger partial charge in [0, 0.05) is 16.5 Å². The quantitative estimate of drug-likeness (QED) is 0.671. The molecule has 1 aliphatic carbocycles. The molecule has 0 radical (unpaired) electrons. The number of thiazole rings is 1. The average molecular weight is 393 g/mol. The molecule has 7 heteroatoms. The lowest BCUT2D eigenvalue weighted by atomic mass is 10.1. The Kier molecular flexibility index (Phi) is 5.08. The summed E-state index contributed by atoms with van der Waals surface area (Å²) in [4.78, 5) is 27.7. The number of aromatic nitrogens is 1. The summed E-state index contributed by atoms with van der Waals surface area (Å²) in [6.07, 6.45) is 3.49. The predicted octanol–water partition coefficient (Wildman–Crippen LogP) is 3.42. The number of hydrogen-bond acceptors (Lipinski definition) is 5. The third kappa shape index (κ3) is 4.04. The molecule has 0 bridgehead atoms. The molecule has 1 heterocycles. The van der Waals surface area contributed by atoms with Crippen molar-refractivity contribution in [3.05, 3.63) is 64.5 Å².